The summed E-state index contributed by atoms with van der Waals surface area (Å²) in [5, 5.41) is 5.25. The molecule has 1 aromatic carbocycles. The van der Waals surface area contributed by atoms with Crippen molar-refractivity contribution >= 4 is 10.9 Å². The molecular weight excluding hydrogens is 179 g/mol. The molecule has 0 fully saturated rings. The summed E-state index contributed by atoms with van der Waals surface area (Å²) in [5.41, 5.74) is 2.18. The van der Waals surface area contributed by atoms with Crippen LogP contribution in [0.15, 0.2) is 24.4 Å². The van der Waals surface area contributed by atoms with Crippen molar-refractivity contribution < 1.29 is 4.39 Å². The van der Waals surface area contributed by atoms with Crippen LogP contribution in [-0.4, -0.2) is 16.5 Å². The molecule has 0 N–H and O–H groups in total. The first-order chi connectivity index (χ1) is 6.72. The number of rotatable bonds is 2. The van der Waals surface area contributed by atoms with E-state index in [0.29, 0.717) is 0 Å². The lowest BCUT2D eigenvalue weighted by molar-refractivity contribution is 0.363. The Morgan fingerprint density at radius 1 is 1.50 bits per heavy atom. The van der Waals surface area contributed by atoms with E-state index >= 15 is 0 Å². The smallest absolute Gasteiger partial charge is 0.112 e. The molecule has 0 aliphatic rings. The predicted molar refractivity (Wildman–Crippen MR) is 55.2 cm³/mol. The standard InChI is InChI=1S/C11H13FN2/c1-8-3-4-10-7-13-14(9(2)6-12)11(10)5-8/h3-5,7,9H,6H2,1-2H3. The Kier molecular flexibility index (Phi) is 2.23. The average molecular weight is 192 g/mol. The third-order valence-electron chi connectivity index (χ3n) is 2.39. The van der Waals surface area contributed by atoms with Gasteiger partial charge in [0.2, 0.25) is 0 Å². The van der Waals surface area contributed by atoms with Crippen molar-refractivity contribution in [1.29, 1.82) is 0 Å². The van der Waals surface area contributed by atoms with E-state index in [2.05, 4.69) is 5.10 Å². The lowest BCUT2D eigenvalue weighted by Crippen LogP contribution is -2.08. The van der Waals surface area contributed by atoms with Crippen molar-refractivity contribution in [2.75, 3.05) is 6.67 Å². The number of alkyl halides is 1. The van der Waals surface area contributed by atoms with Crippen LogP contribution in [0.5, 0.6) is 0 Å². The minimum absolute atomic E-state index is 0.186. The van der Waals surface area contributed by atoms with Crippen LogP contribution in [0.4, 0.5) is 4.39 Å². The van der Waals surface area contributed by atoms with E-state index in [9.17, 15) is 4.39 Å². The molecule has 74 valence electrons. The minimum atomic E-state index is -0.384. The summed E-state index contributed by atoms with van der Waals surface area (Å²) in [5.74, 6) is 0. The fourth-order valence-electron chi connectivity index (χ4n) is 1.56. The maximum absolute atomic E-state index is 12.5. The van der Waals surface area contributed by atoms with Gasteiger partial charge < -0.3 is 0 Å². The number of halogens is 1. The van der Waals surface area contributed by atoms with E-state index in [-0.39, 0.29) is 12.7 Å². The van der Waals surface area contributed by atoms with E-state index in [1.807, 2.05) is 32.0 Å². The second-order valence-electron chi connectivity index (χ2n) is 3.65. The van der Waals surface area contributed by atoms with Gasteiger partial charge in [-0.15, -0.1) is 0 Å². The van der Waals surface area contributed by atoms with Crippen molar-refractivity contribution in [2.45, 2.75) is 19.9 Å². The fraction of sp³-hybridized carbons (Fsp3) is 0.364. The monoisotopic (exact) mass is 192 g/mol. The summed E-state index contributed by atoms with van der Waals surface area (Å²) in [7, 11) is 0. The van der Waals surface area contributed by atoms with E-state index in [0.717, 1.165) is 10.9 Å². The molecule has 3 heteroatoms. The molecular formula is C11H13FN2. The molecule has 0 aliphatic carbocycles. The van der Waals surface area contributed by atoms with Crippen molar-refractivity contribution in [3.8, 4) is 0 Å². The Bertz CT molecular complexity index is 447. The molecule has 1 heterocycles. The highest BCUT2D eigenvalue weighted by Gasteiger charge is 2.08. The number of nitrogens with zero attached hydrogens (tertiary/aromatic N) is 2. The van der Waals surface area contributed by atoms with Crippen LogP contribution in [0.1, 0.15) is 18.5 Å². The predicted octanol–water partition coefficient (Wildman–Crippen LogP) is 2.88. The zero-order valence-electron chi connectivity index (χ0n) is 8.37. The van der Waals surface area contributed by atoms with Gasteiger partial charge in [0, 0.05) is 5.39 Å². The normalized spacial score (nSPS) is 13.4. The van der Waals surface area contributed by atoms with Crippen LogP contribution in [0.3, 0.4) is 0 Å². The summed E-state index contributed by atoms with van der Waals surface area (Å²) < 4.78 is 14.3. The van der Waals surface area contributed by atoms with Gasteiger partial charge in [-0.1, -0.05) is 12.1 Å². The zero-order chi connectivity index (χ0) is 10.1. The van der Waals surface area contributed by atoms with Crippen LogP contribution in [0.2, 0.25) is 0 Å². The molecule has 0 bridgehead atoms. The first-order valence-electron chi connectivity index (χ1n) is 4.72. The minimum Gasteiger partial charge on any atom is -0.259 e. The molecule has 2 nitrogen and oxygen atoms in total. The summed E-state index contributed by atoms with van der Waals surface area (Å²) in [6, 6.07) is 5.90. The van der Waals surface area contributed by atoms with Crippen LogP contribution in [0, 0.1) is 6.92 Å². The molecule has 0 radical (unpaired) electrons. The molecule has 0 saturated heterocycles. The maximum atomic E-state index is 12.5. The number of aryl methyl sites for hydroxylation is 1. The van der Waals surface area contributed by atoms with E-state index in [1.165, 1.54) is 5.56 Å². The molecule has 1 aromatic heterocycles. The van der Waals surface area contributed by atoms with Gasteiger partial charge in [-0.2, -0.15) is 5.10 Å². The summed E-state index contributed by atoms with van der Waals surface area (Å²) in [6.07, 6.45) is 1.78. The highest BCUT2D eigenvalue weighted by Crippen LogP contribution is 2.19. The summed E-state index contributed by atoms with van der Waals surface area (Å²) >= 11 is 0. The van der Waals surface area contributed by atoms with Gasteiger partial charge >= 0.3 is 0 Å². The lowest BCUT2D eigenvalue weighted by atomic mass is 10.2. The van der Waals surface area contributed by atoms with Crippen LogP contribution in [0.25, 0.3) is 10.9 Å². The van der Waals surface area contributed by atoms with E-state index in [1.54, 1.807) is 10.9 Å². The highest BCUT2D eigenvalue weighted by molar-refractivity contribution is 5.79. The van der Waals surface area contributed by atoms with Gasteiger partial charge in [-0.3, -0.25) is 4.68 Å². The Balaban J connectivity index is 2.61. The second kappa shape index (κ2) is 3.40. The average Bonchev–Trinajstić information content (AvgIpc) is 2.59. The fourth-order valence-corrected chi connectivity index (χ4v) is 1.56. The van der Waals surface area contributed by atoms with Crippen LogP contribution >= 0.6 is 0 Å². The lowest BCUT2D eigenvalue weighted by Gasteiger charge is -2.08. The molecule has 1 unspecified atom stereocenters. The maximum Gasteiger partial charge on any atom is 0.112 e. The first-order valence-corrected chi connectivity index (χ1v) is 4.72. The Labute approximate surface area is 82.3 Å². The molecule has 0 saturated carbocycles. The third-order valence-corrected chi connectivity index (χ3v) is 2.39. The van der Waals surface area contributed by atoms with Crippen molar-refractivity contribution in [2.24, 2.45) is 0 Å². The SMILES string of the molecule is Cc1ccc2cnn(C(C)CF)c2c1. The van der Waals surface area contributed by atoms with Gasteiger partial charge in [0.25, 0.3) is 0 Å². The van der Waals surface area contributed by atoms with Crippen LogP contribution in [-0.2, 0) is 0 Å². The molecule has 0 aliphatic heterocycles. The van der Waals surface area contributed by atoms with E-state index in [4.69, 9.17) is 0 Å². The van der Waals surface area contributed by atoms with Gasteiger partial charge in [0.15, 0.2) is 0 Å². The second-order valence-corrected chi connectivity index (χ2v) is 3.65. The van der Waals surface area contributed by atoms with Gasteiger partial charge in [-0.05, 0) is 25.5 Å². The highest BCUT2D eigenvalue weighted by atomic mass is 19.1. The third kappa shape index (κ3) is 1.39. The number of benzene rings is 1. The molecule has 0 amide bonds. The Morgan fingerprint density at radius 3 is 3.00 bits per heavy atom. The van der Waals surface area contributed by atoms with Crippen molar-refractivity contribution in [3.05, 3.63) is 30.0 Å². The summed E-state index contributed by atoms with van der Waals surface area (Å²) in [4.78, 5) is 0. The zero-order valence-corrected chi connectivity index (χ0v) is 8.37. The summed E-state index contributed by atoms with van der Waals surface area (Å²) in [6.45, 7) is 3.47. The largest absolute Gasteiger partial charge is 0.259 e. The van der Waals surface area contributed by atoms with Gasteiger partial charge in [-0.25, -0.2) is 4.39 Å². The number of hydrogen-bond donors (Lipinski definition) is 0. The first kappa shape index (κ1) is 9.19. The van der Waals surface area contributed by atoms with Crippen molar-refractivity contribution in [3.63, 3.8) is 0 Å². The number of aromatic nitrogens is 2. The van der Waals surface area contributed by atoms with Gasteiger partial charge in [0.1, 0.15) is 6.67 Å². The molecule has 14 heavy (non-hydrogen) atoms. The van der Waals surface area contributed by atoms with Gasteiger partial charge in [0.05, 0.1) is 17.8 Å². The van der Waals surface area contributed by atoms with Crippen molar-refractivity contribution in [1.82, 2.24) is 9.78 Å². The quantitative estimate of drug-likeness (QED) is 0.715. The molecule has 2 rings (SSSR count). The molecule has 2 aromatic rings. The van der Waals surface area contributed by atoms with E-state index < -0.39 is 0 Å². The topological polar surface area (TPSA) is 17.8 Å². The Morgan fingerprint density at radius 2 is 2.29 bits per heavy atom. The number of hydrogen-bond acceptors (Lipinski definition) is 1. The Hall–Kier alpha value is -1.38. The molecule has 0 spiro atoms. The molecule has 1 atom stereocenters. The van der Waals surface area contributed by atoms with Crippen LogP contribution < -0.4 is 0 Å². The number of fused-ring (bicyclic) bond motifs is 1.